The van der Waals surface area contributed by atoms with Crippen LogP contribution in [0.1, 0.15) is 18.1 Å². The molecule has 21 heavy (non-hydrogen) atoms. The Balaban J connectivity index is 2.11. The van der Waals surface area contributed by atoms with E-state index in [1.807, 2.05) is 31.2 Å². The van der Waals surface area contributed by atoms with E-state index in [4.69, 9.17) is 23.2 Å². The second-order valence-electron chi connectivity index (χ2n) is 5.03. The Labute approximate surface area is 135 Å². The summed E-state index contributed by atoms with van der Waals surface area (Å²) in [6.07, 6.45) is 1.42. The fourth-order valence-corrected chi connectivity index (χ4v) is 2.78. The first kappa shape index (κ1) is 16.3. The van der Waals surface area contributed by atoms with E-state index in [1.165, 1.54) is 6.07 Å². The van der Waals surface area contributed by atoms with Crippen LogP contribution in [0.4, 0.5) is 4.39 Å². The predicted octanol–water partition coefficient (Wildman–Crippen LogP) is 4.90. The number of nitrogens with one attached hydrogen (secondary N) is 1. The molecule has 2 aromatic carbocycles. The average Bonchev–Trinajstić information content (AvgIpc) is 2.42. The van der Waals surface area contributed by atoms with Crippen LogP contribution in [-0.4, -0.2) is 12.6 Å². The van der Waals surface area contributed by atoms with Crippen LogP contribution < -0.4 is 5.32 Å². The molecule has 2 aromatic rings. The highest BCUT2D eigenvalue weighted by atomic mass is 35.5. The Kier molecular flexibility index (Phi) is 6.04. The molecule has 0 aliphatic heterocycles. The molecular weight excluding hydrogens is 308 g/mol. The van der Waals surface area contributed by atoms with Gasteiger partial charge in [0.05, 0.1) is 0 Å². The minimum Gasteiger partial charge on any atom is -0.314 e. The zero-order valence-electron chi connectivity index (χ0n) is 11.9. The normalized spacial score (nSPS) is 12.4. The van der Waals surface area contributed by atoms with Crippen LogP contribution in [0.15, 0.2) is 42.5 Å². The summed E-state index contributed by atoms with van der Waals surface area (Å²) in [5.41, 5.74) is 1.81. The van der Waals surface area contributed by atoms with Gasteiger partial charge in [-0.3, -0.25) is 0 Å². The van der Waals surface area contributed by atoms with Crippen molar-refractivity contribution in [3.63, 3.8) is 0 Å². The van der Waals surface area contributed by atoms with Gasteiger partial charge in [0.15, 0.2) is 0 Å². The third-order valence-electron chi connectivity index (χ3n) is 3.35. The van der Waals surface area contributed by atoms with Crippen LogP contribution in [-0.2, 0) is 12.8 Å². The van der Waals surface area contributed by atoms with Gasteiger partial charge < -0.3 is 5.32 Å². The minimum absolute atomic E-state index is 0.157. The van der Waals surface area contributed by atoms with Crippen molar-refractivity contribution in [3.8, 4) is 0 Å². The van der Waals surface area contributed by atoms with Gasteiger partial charge in [0.2, 0.25) is 0 Å². The molecule has 1 unspecified atom stereocenters. The zero-order valence-corrected chi connectivity index (χ0v) is 13.4. The highest BCUT2D eigenvalue weighted by Crippen LogP contribution is 2.18. The van der Waals surface area contributed by atoms with Crippen LogP contribution in [0, 0.1) is 5.82 Å². The van der Waals surface area contributed by atoms with Crippen molar-refractivity contribution in [2.45, 2.75) is 25.8 Å². The Morgan fingerprint density at radius 3 is 2.48 bits per heavy atom. The smallest absolute Gasteiger partial charge is 0.127 e. The molecule has 0 bridgehead atoms. The first-order valence-electron chi connectivity index (χ1n) is 7.00. The molecule has 0 aliphatic carbocycles. The van der Waals surface area contributed by atoms with Gasteiger partial charge in [-0.05, 0) is 54.8 Å². The fraction of sp³-hybridized carbons (Fsp3) is 0.294. The summed E-state index contributed by atoms with van der Waals surface area (Å²) in [4.78, 5) is 0. The van der Waals surface area contributed by atoms with Gasteiger partial charge >= 0.3 is 0 Å². The molecule has 1 atom stereocenters. The summed E-state index contributed by atoms with van der Waals surface area (Å²) in [6.45, 7) is 2.88. The highest BCUT2D eigenvalue weighted by molar-refractivity contribution is 6.30. The van der Waals surface area contributed by atoms with Crippen molar-refractivity contribution in [1.29, 1.82) is 0 Å². The molecule has 0 amide bonds. The Morgan fingerprint density at radius 2 is 1.81 bits per heavy atom. The molecule has 0 heterocycles. The van der Waals surface area contributed by atoms with E-state index in [0.717, 1.165) is 23.6 Å². The molecule has 0 aromatic heterocycles. The largest absolute Gasteiger partial charge is 0.314 e. The van der Waals surface area contributed by atoms with E-state index in [0.29, 0.717) is 17.0 Å². The van der Waals surface area contributed by atoms with Gasteiger partial charge in [-0.15, -0.1) is 0 Å². The van der Waals surface area contributed by atoms with Gasteiger partial charge in [0.25, 0.3) is 0 Å². The number of hydrogen-bond acceptors (Lipinski definition) is 1. The van der Waals surface area contributed by atoms with E-state index in [-0.39, 0.29) is 11.9 Å². The molecule has 0 fully saturated rings. The number of rotatable bonds is 6. The third-order valence-corrected chi connectivity index (χ3v) is 3.82. The van der Waals surface area contributed by atoms with Crippen LogP contribution in [0.3, 0.4) is 0 Å². The first-order chi connectivity index (χ1) is 10.1. The molecule has 1 nitrogen and oxygen atoms in total. The molecule has 0 saturated carbocycles. The zero-order chi connectivity index (χ0) is 15.2. The predicted molar refractivity (Wildman–Crippen MR) is 87.7 cm³/mol. The lowest BCUT2D eigenvalue weighted by atomic mass is 9.98. The van der Waals surface area contributed by atoms with E-state index in [9.17, 15) is 4.39 Å². The van der Waals surface area contributed by atoms with E-state index < -0.39 is 0 Å². The number of halogens is 3. The van der Waals surface area contributed by atoms with Gasteiger partial charge in [0.1, 0.15) is 5.82 Å². The third kappa shape index (κ3) is 4.99. The Bertz CT molecular complexity index is 601. The quantitative estimate of drug-likeness (QED) is 0.796. The monoisotopic (exact) mass is 325 g/mol. The van der Waals surface area contributed by atoms with Crippen LogP contribution in [0.25, 0.3) is 0 Å². The summed E-state index contributed by atoms with van der Waals surface area (Å²) in [7, 11) is 0. The Morgan fingerprint density at radius 1 is 1.05 bits per heavy atom. The summed E-state index contributed by atoms with van der Waals surface area (Å²) in [5, 5.41) is 4.54. The van der Waals surface area contributed by atoms with Crippen LogP contribution in [0.5, 0.6) is 0 Å². The molecule has 0 spiro atoms. The standard InChI is InChI=1S/C17H18Cl2FN/c1-2-21-16(9-12-4-3-5-14(18)8-12)10-13-6-7-15(19)11-17(13)20/h3-8,11,16,21H,2,9-10H2,1H3. The Hall–Kier alpha value is -1.09. The second kappa shape index (κ2) is 7.79. The maximum atomic E-state index is 13.9. The summed E-state index contributed by atoms with van der Waals surface area (Å²) in [5.74, 6) is -0.253. The average molecular weight is 326 g/mol. The van der Waals surface area contributed by atoms with E-state index >= 15 is 0 Å². The molecule has 112 valence electrons. The maximum Gasteiger partial charge on any atom is 0.127 e. The van der Waals surface area contributed by atoms with E-state index in [1.54, 1.807) is 12.1 Å². The van der Waals surface area contributed by atoms with Crippen molar-refractivity contribution < 1.29 is 4.39 Å². The fourth-order valence-electron chi connectivity index (χ4n) is 2.41. The second-order valence-corrected chi connectivity index (χ2v) is 5.90. The summed E-state index contributed by atoms with van der Waals surface area (Å²) >= 11 is 11.8. The number of benzene rings is 2. The van der Waals surface area contributed by atoms with E-state index in [2.05, 4.69) is 5.32 Å². The van der Waals surface area contributed by atoms with Crippen molar-refractivity contribution in [2.24, 2.45) is 0 Å². The van der Waals surface area contributed by atoms with Crippen LogP contribution >= 0.6 is 23.2 Å². The van der Waals surface area contributed by atoms with Gasteiger partial charge in [-0.2, -0.15) is 0 Å². The van der Waals surface area contributed by atoms with Crippen molar-refractivity contribution in [3.05, 3.63) is 69.5 Å². The van der Waals surface area contributed by atoms with Crippen molar-refractivity contribution in [2.75, 3.05) is 6.54 Å². The van der Waals surface area contributed by atoms with Crippen LogP contribution in [0.2, 0.25) is 10.0 Å². The highest BCUT2D eigenvalue weighted by Gasteiger charge is 2.13. The van der Waals surface area contributed by atoms with Crippen molar-refractivity contribution in [1.82, 2.24) is 5.32 Å². The van der Waals surface area contributed by atoms with Gasteiger partial charge in [0, 0.05) is 16.1 Å². The number of hydrogen-bond donors (Lipinski definition) is 1. The molecule has 0 aliphatic rings. The first-order valence-corrected chi connectivity index (χ1v) is 7.76. The van der Waals surface area contributed by atoms with Crippen molar-refractivity contribution >= 4 is 23.2 Å². The lowest BCUT2D eigenvalue weighted by molar-refractivity contribution is 0.506. The minimum atomic E-state index is -0.253. The molecule has 4 heteroatoms. The molecule has 0 radical (unpaired) electrons. The lowest BCUT2D eigenvalue weighted by Crippen LogP contribution is -2.33. The molecule has 0 saturated heterocycles. The lowest BCUT2D eigenvalue weighted by Gasteiger charge is -2.18. The molecular formula is C17H18Cl2FN. The number of likely N-dealkylation sites (N-methyl/N-ethyl adjacent to an activating group) is 1. The SMILES string of the molecule is CCNC(Cc1cccc(Cl)c1)Cc1ccc(Cl)cc1F. The topological polar surface area (TPSA) is 12.0 Å². The van der Waals surface area contributed by atoms with Gasteiger partial charge in [-0.1, -0.05) is 48.3 Å². The molecule has 2 rings (SSSR count). The summed E-state index contributed by atoms with van der Waals surface area (Å²) < 4.78 is 13.9. The molecule has 1 N–H and O–H groups in total. The summed E-state index contributed by atoms with van der Waals surface area (Å²) in [6, 6.07) is 12.8. The maximum absolute atomic E-state index is 13.9. The van der Waals surface area contributed by atoms with Gasteiger partial charge in [-0.25, -0.2) is 4.39 Å².